The fourth-order valence-corrected chi connectivity index (χ4v) is 4.74. The highest BCUT2D eigenvalue weighted by Crippen LogP contribution is 2.40. The summed E-state index contributed by atoms with van der Waals surface area (Å²) in [5.41, 5.74) is -0.934. The molecular formula is C18H20F3N3O4S. The van der Waals surface area contributed by atoms with E-state index in [0.717, 1.165) is 17.4 Å². The maximum atomic E-state index is 13.6. The number of hydrogen-bond donors (Lipinski definition) is 2. The molecule has 0 saturated carbocycles. The van der Waals surface area contributed by atoms with E-state index in [4.69, 9.17) is 4.74 Å². The van der Waals surface area contributed by atoms with Gasteiger partial charge in [-0.3, -0.25) is 4.79 Å². The minimum absolute atomic E-state index is 0.0471. The Balaban J connectivity index is 1.97. The molecule has 1 aliphatic rings. The maximum absolute atomic E-state index is 13.6. The van der Waals surface area contributed by atoms with Gasteiger partial charge < -0.3 is 20.1 Å². The molecule has 0 aliphatic carbocycles. The summed E-state index contributed by atoms with van der Waals surface area (Å²) >= 11 is 0.799. The van der Waals surface area contributed by atoms with Crippen LogP contribution in [0.3, 0.4) is 0 Å². The number of piperidine rings is 1. The molecule has 1 fully saturated rings. The van der Waals surface area contributed by atoms with Crippen molar-refractivity contribution in [1.82, 2.24) is 15.2 Å². The van der Waals surface area contributed by atoms with Crippen LogP contribution in [0.25, 0.3) is 10.2 Å². The Labute approximate surface area is 168 Å². The molecule has 0 aromatic carbocycles. The van der Waals surface area contributed by atoms with Crippen LogP contribution < -0.4 is 10.1 Å². The fraction of sp³-hybridized carbons (Fsp3) is 0.500. The van der Waals surface area contributed by atoms with Crippen LogP contribution in [0, 0.1) is 0 Å². The molecule has 3 heterocycles. The average molecular weight is 431 g/mol. The van der Waals surface area contributed by atoms with Gasteiger partial charge in [-0.1, -0.05) is 0 Å². The van der Waals surface area contributed by atoms with Gasteiger partial charge in [-0.25, -0.2) is 9.78 Å². The Morgan fingerprint density at radius 2 is 1.93 bits per heavy atom. The SMILES string of the molecule is CNC(=O)c1csc2c(C(F)(F)F)cc(OC3C[C@@H](C)N(C(=O)O)[C@@H](C)C3)nc12. The number of hydrogen-bond acceptors (Lipinski definition) is 5. The zero-order chi connectivity index (χ0) is 21.5. The van der Waals surface area contributed by atoms with E-state index in [1.54, 1.807) is 13.8 Å². The molecule has 1 unspecified atom stereocenters. The predicted octanol–water partition coefficient (Wildman–Crippen LogP) is 3.97. The summed E-state index contributed by atoms with van der Waals surface area (Å²) in [6.45, 7) is 3.45. The quantitative estimate of drug-likeness (QED) is 0.767. The first kappa shape index (κ1) is 21.2. The van der Waals surface area contributed by atoms with Gasteiger partial charge in [0.25, 0.3) is 5.91 Å². The Hall–Kier alpha value is -2.56. The standard InChI is InChI=1S/C18H20F3N3O4S/c1-8-4-10(5-9(2)24(8)17(26)27)28-13-6-12(18(19,20)21)15-14(23-13)11(7-29-15)16(25)22-3/h6-10H,4-5H2,1-3H3,(H,22,25)(H,26,27)/t8-,9+,10?. The lowest BCUT2D eigenvalue weighted by Gasteiger charge is -2.40. The van der Waals surface area contributed by atoms with Crippen molar-refractivity contribution in [3.63, 3.8) is 0 Å². The van der Waals surface area contributed by atoms with E-state index in [2.05, 4.69) is 10.3 Å². The van der Waals surface area contributed by atoms with Crippen molar-refractivity contribution in [2.75, 3.05) is 7.05 Å². The topological polar surface area (TPSA) is 91.8 Å². The lowest BCUT2D eigenvalue weighted by Crippen LogP contribution is -2.51. The molecule has 29 heavy (non-hydrogen) atoms. The number of amides is 2. The van der Waals surface area contributed by atoms with Crippen LogP contribution >= 0.6 is 11.3 Å². The molecule has 0 spiro atoms. The van der Waals surface area contributed by atoms with E-state index in [0.29, 0.717) is 12.8 Å². The molecule has 2 N–H and O–H groups in total. The monoisotopic (exact) mass is 431 g/mol. The van der Waals surface area contributed by atoms with Gasteiger partial charge in [-0.05, 0) is 13.8 Å². The van der Waals surface area contributed by atoms with Crippen molar-refractivity contribution in [1.29, 1.82) is 0 Å². The first-order valence-corrected chi connectivity index (χ1v) is 9.80. The summed E-state index contributed by atoms with van der Waals surface area (Å²) in [6.07, 6.45) is -5.54. The van der Waals surface area contributed by atoms with Gasteiger partial charge in [0.1, 0.15) is 6.10 Å². The molecule has 1 aliphatic heterocycles. The number of carbonyl (C=O) groups is 2. The maximum Gasteiger partial charge on any atom is 0.418 e. The molecule has 11 heteroatoms. The molecule has 2 aromatic heterocycles. The van der Waals surface area contributed by atoms with Crippen molar-refractivity contribution < 1.29 is 32.6 Å². The molecule has 3 atom stereocenters. The molecule has 0 bridgehead atoms. The Morgan fingerprint density at radius 1 is 1.31 bits per heavy atom. The molecule has 2 aromatic rings. The number of thiophene rings is 1. The number of alkyl halides is 3. The number of halogens is 3. The van der Waals surface area contributed by atoms with Crippen LogP contribution in [0.2, 0.25) is 0 Å². The minimum Gasteiger partial charge on any atom is -0.474 e. The van der Waals surface area contributed by atoms with Crippen LogP contribution in [0.5, 0.6) is 5.88 Å². The van der Waals surface area contributed by atoms with Crippen LogP contribution in [0.15, 0.2) is 11.4 Å². The third kappa shape index (κ3) is 4.09. The molecule has 0 radical (unpaired) electrons. The van der Waals surface area contributed by atoms with Gasteiger partial charge >= 0.3 is 12.3 Å². The van der Waals surface area contributed by atoms with Gasteiger partial charge in [0.15, 0.2) is 0 Å². The van der Waals surface area contributed by atoms with Crippen LogP contribution in [-0.2, 0) is 6.18 Å². The fourth-order valence-electron chi connectivity index (χ4n) is 3.71. The van der Waals surface area contributed by atoms with Gasteiger partial charge in [-0.2, -0.15) is 13.2 Å². The van der Waals surface area contributed by atoms with Crippen molar-refractivity contribution >= 4 is 33.6 Å². The summed E-state index contributed by atoms with van der Waals surface area (Å²) < 4.78 is 46.4. The molecular weight excluding hydrogens is 411 g/mol. The number of fused-ring (bicyclic) bond motifs is 1. The average Bonchev–Trinajstić information content (AvgIpc) is 3.02. The largest absolute Gasteiger partial charge is 0.474 e. The predicted molar refractivity (Wildman–Crippen MR) is 100 cm³/mol. The second-order valence-corrected chi connectivity index (χ2v) is 7.89. The smallest absolute Gasteiger partial charge is 0.418 e. The number of ether oxygens (including phenoxy) is 1. The minimum atomic E-state index is -4.64. The zero-order valence-electron chi connectivity index (χ0n) is 15.9. The number of rotatable bonds is 3. The van der Waals surface area contributed by atoms with E-state index >= 15 is 0 Å². The van der Waals surface area contributed by atoms with Gasteiger partial charge in [0.2, 0.25) is 5.88 Å². The summed E-state index contributed by atoms with van der Waals surface area (Å²) in [5, 5.41) is 13.0. The number of pyridine rings is 1. The summed E-state index contributed by atoms with van der Waals surface area (Å²) in [7, 11) is 1.38. The number of carboxylic acid groups (broad SMARTS) is 1. The van der Waals surface area contributed by atoms with Crippen molar-refractivity contribution in [2.24, 2.45) is 0 Å². The highest BCUT2D eigenvalue weighted by Gasteiger charge is 2.38. The number of nitrogens with zero attached hydrogens (tertiary/aromatic N) is 2. The summed E-state index contributed by atoms with van der Waals surface area (Å²) in [5.74, 6) is -0.771. The highest BCUT2D eigenvalue weighted by atomic mass is 32.1. The third-order valence-electron chi connectivity index (χ3n) is 4.94. The lowest BCUT2D eigenvalue weighted by atomic mass is 9.95. The molecule has 158 valence electrons. The van der Waals surface area contributed by atoms with E-state index in [1.807, 2.05) is 0 Å². The molecule has 1 saturated heterocycles. The van der Waals surface area contributed by atoms with Crippen LogP contribution in [0.4, 0.5) is 18.0 Å². The van der Waals surface area contributed by atoms with Crippen molar-refractivity contribution in [3.8, 4) is 5.88 Å². The van der Waals surface area contributed by atoms with Crippen molar-refractivity contribution in [2.45, 2.75) is 51.1 Å². The number of aromatic nitrogens is 1. The Kier molecular flexibility index (Phi) is 5.61. The van der Waals surface area contributed by atoms with E-state index in [-0.39, 0.29) is 33.7 Å². The molecule has 7 nitrogen and oxygen atoms in total. The van der Waals surface area contributed by atoms with Crippen LogP contribution in [0.1, 0.15) is 42.6 Å². The Morgan fingerprint density at radius 3 is 2.45 bits per heavy atom. The van der Waals surface area contributed by atoms with Crippen LogP contribution in [-0.4, -0.2) is 52.2 Å². The van der Waals surface area contributed by atoms with Gasteiger partial charge in [0.05, 0.1) is 21.3 Å². The van der Waals surface area contributed by atoms with E-state index in [1.165, 1.54) is 17.3 Å². The number of likely N-dealkylation sites (tertiary alicyclic amines) is 1. The lowest BCUT2D eigenvalue weighted by molar-refractivity contribution is -0.136. The van der Waals surface area contributed by atoms with E-state index in [9.17, 15) is 27.9 Å². The summed E-state index contributed by atoms with van der Waals surface area (Å²) in [4.78, 5) is 28.8. The zero-order valence-corrected chi connectivity index (χ0v) is 16.7. The van der Waals surface area contributed by atoms with Gasteiger partial charge in [-0.15, -0.1) is 11.3 Å². The molecule has 2 amide bonds. The molecule has 3 rings (SSSR count). The van der Waals surface area contributed by atoms with Crippen molar-refractivity contribution in [3.05, 3.63) is 22.6 Å². The first-order chi connectivity index (χ1) is 13.5. The number of nitrogens with one attached hydrogen (secondary N) is 1. The van der Waals surface area contributed by atoms with Gasteiger partial charge in [0, 0.05) is 43.4 Å². The highest BCUT2D eigenvalue weighted by molar-refractivity contribution is 7.17. The second kappa shape index (κ2) is 7.69. The second-order valence-electron chi connectivity index (χ2n) is 7.01. The Bertz CT molecular complexity index is 934. The first-order valence-electron chi connectivity index (χ1n) is 8.92. The number of carbonyl (C=O) groups excluding carboxylic acids is 1. The van der Waals surface area contributed by atoms with E-state index < -0.39 is 29.8 Å². The third-order valence-corrected chi connectivity index (χ3v) is 5.94. The normalized spacial score (nSPS) is 22.6. The summed E-state index contributed by atoms with van der Waals surface area (Å²) in [6, 6.07) is 0.134.